The highest BCUT2D eigenvalue weighted by atomic mass is 16.2. The first-order chi connectivity index (χ1) is 8.70. The molecule has 0 N–H and O–H groups in total. The minimum absolute atomic E-state index is 0.0742. The van der Waals surface area contributed by atoms with Crippen LogP contribution in [0.4, 0.5) is 0 Å². The Labute approximate surface area is 108 Å². The van der Waals surface area contributed by atoms with Gasteiger partial charge in [-0.1, -0.05) is 29.8 Å². The van der Waals surface area contributed by atoms with Crippen molar-refractivity contribution in [3.05, 3.63) is 35.4 Å². The second-order valence-electron chi connectivity index (χ2n) is 4.89. The normalized spacial score (nSPS) is 19.3. The molecule has 0 aromatic heterocycles. The highest BCUT2D eigenvalue weighted by Gasteiger charge is 2.26. The van der Waals surface area contributed by atoms with Gasteiger partial charge in [-0.3, -0.25) is 4.79 Å². The third-order valence-corrected chi connectivity index (χ3v) is 3.45. The van der Waals surface area contributed by atoms with Crippen LogP contribution in [0.3, 0.4) is 0 Å². The van der Waals surface area contributed by atoms with Crippen LogP contribution in [-0.2, 0) is 11.2 Å². The Morgan fingerprint density at radius 1 is 1.39 bits per heavy atom. The molecule has 0 saturated carbocycles. The zero-order chi connectivity index (χ0) is 13.0. The molecule has 1 heterocycles. The molecular formula is C15H18N2O. The van der Waals surface area contributed by atoms with E-state index < -0.39 is 0 Å². The maximum atomic E-state index is 12.2. The average Bonchev–Trinajstić information content (AvgIpc) is 2.41. The molecule has 2 rings (SSSR count). The van der Waals surface area contributed by atoms with Gasteiger partial charge in [0, 0.05) is 6.54 Å². The van der Waals surface area contributed by atoms with Crippen molar-refractivity contribution in [1.29, 1.82) is 5.26 Å². The first-order valence-electron chi connectivity index (χ1n) is 6.45. The Morgan fingerprint density at radius 3 is 2.78 bits per heavy atom. The number of carbonyl (C=O) groups is 1. The molecular weight excluding hydrogens is 224 g/mol. The van der Waals surface area contributed by atoms with Gasteiger partial charge in [0.25, 0.3) is 0 Å². The summed E-state index contributed by atoms with van der Waals surface area (Å²) in [6.07, 6.45) is 3.28. The van der Waals surface area contributed by atoms with Crippen LogP contribution in [0.1, 0.15) is 30.4 Å². The van der Waals surface area contributed by atoms with Crippen LogP contribution in [0.2, 0.25) is 0 Å². The van der Waals surface area contributed by atoms with Gasteiger partial charge in [-0.05, 0) is 31.7 Å². The van der Waals surface area contributed by atoms with Gasteiger partial charge in [-0.25, -0.2) is 0 Å². The number of hydrogen-bond acceptors (Lipinski definition) is 2. The number of benzene rings is 1. The molecule has 1 aliphatic rings. The summed E-state index contributed by atoms with van der Waals surface area (Å²) in [5, 5.41) is 9.07. The molecule has 94 valence electrons. The molecule has 1 aliphatic heterocycles. The number of piperidine rings is 1. The minimum atomic E-state index is -0.225. The van der Waals surface area contributed by atoms with Crippen molar-refractivity contribution in [3.63, 3.8) is 0 Å². The van der Waals surface area contributed by atoms with Crippen LogP contribution in [0.25, 0.3) is 0 Å². The van der Waals surface area contributed by atoms with E-state index in [1.54, 1.807) is 4.90 Å². The molecule has 0 bridgehead atoms. The summed E-state index contributed by atoms with van der Waals surface area (Å²) in [6.45, 7) is 2.75. The number of aryl methyl sites for hydroxylation is 1. The lowest BCUT2D eigenvalue weighted by molar-refractivity contribution is -0.132. The van der Waals surface area contributed by atoms with E-state index in [-0.39, 0.29) is 11.9 Å². The van der Waals surface area contributed by atoms with E-state index in [1.807, 2.05) is 31.2 Å². The van der Waals surface area contributed by atoms with Crippen molar-refractivity contribution in [2.75, 3.05) is 6.54 Å². The standard InChI is InChI=1S/C15H18N2O/c1-12-5-7-13(8-6-12)10-15(18)17-9-3-2-4-14(17)11-16/h5-8,14H,2-4,9-10H2,1H3. The molecule has 0 radical (unpaired) electrons. The number of nitriles is 1. The van der Waals surface area contributed by atoms with E-state index in [2.05, 4.69) is 6.07 Å². The number of amides is 1. The van der Waals surface area contributed by atoms with Gasteiger partial charge < -0.3 is 4.90 Å². The zero-order valence-corrected chi connectivity index (χ0v) is 10.7. The number of likely N-dealkylation sites (tertiary alicyclic amines) is 1. The van der Waals surface area contributed by atoms with Crippen LogP contribution in [0.5, 0.6) is 0 Å². The molecule has 1 amide bonds. The van der Waals surface area contributed by atoms with E-state index in [9.17, 15) is 4.79 Å². The smallest absolute Gasteiger partial charge is 0.228 e. The fourth-order valence-electron chi connectivity index (χ4n) is 2.35. The molecule has 1 aromatic carbocycles. The molecule has 18 heavy (non-hydrogen) atoms. The Kier molecular flexibility index (Phi) is 3.99. The van der Waals surface area contributed by atoms with Crippen LogP contribution in [0, 0.1) is 18.3 Å². The van der Waals surface area contributed by atoms with Crippen LogP contribution in [0.15, 0.2) is 24.3 Å². The van der Waals surface area contributed by atoms with Crippen LogP contribution >= 0.6 is 0 Å². The highest BCUT2D eigenvalue weighted by molar-refractivity contribution is 5.79. The topological polar surface area (TPSA) is 44.1 Å². The van der Waals surface area contributed by atoms with Gasteiger partial charge >= 0.3 is 0 Å². The SMILES string of the molecule is Cc1ccc(CC(=O)N2CCCCC2C#N)cc1. The highest BCUT2D eigenvalue weighted by Crippen LogP contribution is 2.17. The summed E-state index contributed by atoms with van der Waals surface area (Å²) in [4.78, 5) is 13.9. The molecule has 1 atom stereocenters. The van der Waals surface area contributed by atoms with E-state index >= 15 is 0 Å². The van der Waals surface area contributed by atoms with Gasteiger partial charge in [-0.2, -0.15) is 5.26 Å². The van der Waals surface area contributed by atoms with Gasteiger partial charge in [0.05, 0.1) is 12.5 Å². The molecule has 1 saturated heterocycles. The molecule has 0 spiro atoms. The summed E-state index contributed by atoms with van der Waals surface area (Å²) < 4.78 is 0. The fraction of sp³-hybridized carbons (Fsp3) is 0.467. The lowest BCUT2D eigenvalue weighted by Gasteiger charge is -2.31. The molecule has 1 fully saturated rings. The fourth-order valence-corrected chi connectivity index (χ4v) is 2.35. The first kappa shape index (κ1) is 12.6. The molecule has 3 nitrogen and oxygen atoms in total. The maximum Gasteiger partial charge on any atom is 0.228 e. The van der Waals surface area contributed by atoms with Crippen LogP contribution < -0.4 is 0 Å². The quantitative estimate of drug-likeness (QED) is 0.799. The predicted molar refractivity (Wildman–Crippen MR) is 69.8 cm³/mol. The average molecular weight is 242 g/mol. The maximum absolute atomic E-state index is 12.2. The van der Waals surface area contributed by atoms with Crippen molar-refractivity contribution in [2.45, 2.75) is 38.6 Å². The number of rotatable bonds is 2. The predicted octanol–water partition coefficient (Wildman–Crippen LogP) is 2.44. The van der Waals surface area contributed by atoms with Crippen LogP contribution in [-0.4, -0.2) is 23.4 Å². The lowest BCUT2D eigenvalue weighted by atomic mass is 10.0. The number of hydrogen-bond donors (Lipinski definition) is 0. The third kappa shape index (κ3) is 2.89. The van der Waals surface area contributed by atoms with Gasteiger partial charge in [-0.15, -0.1) is 0 Å². The minimum Gasteiger partial charge on any atom is -0.326 e. The van der Waals surface area contributed by atoms with Gasteiger partial charge in [0.15, 0.2) is 0 Å². The summed E-state index contributed by atoms with van der Waals surface area (Å²) >= 11 is 0. The van der Waals surface area contributed by atoms with Crippen molar-refractivity contribution in [1.82, 2.24) is 4.90 Å². The first-order valence-corrected chi connectivity index (χ1v) is 6.45. The molecule has 1 aromatic rings. The Morgan fingerprint density at radius 2 is 2.11 bits per heavy atom. The van der Waals surface area contributed by atoms with Crippen molar-refractivity contribution >= 4 is 5.91 Å². The zero-order valence-electron chi connectivity index (χ0n) is 10.7. The molecule has 0 aliphatic carbocycles. The third-order valence-electron chi connectivity index (χ3n) is 3.45. The summed E-state index contributed by atoms with van der Waals surface area (Å²) in [5.41, 5.74) is 2.21. The van der Waals surface area contributed by atoms with Crippen molar-refractivity contribution in [3.8, 4) is 6.07 Å². The Hall–Kier alpha value is -1.82. The Bertz CT molecular complexity index is 458. The second-order valence-corrected chi connectivity index (χ2v) is 4.89. The second kappa shape index (κ2) is 5.68. The lowest BCUT2D eigenvalue weighted by Crippen LogP contribution is -2.43. The van der Waals surface area contributed by atoms with E-state index in [0.29, 0.717) is 6.42 Å². The van der Waals surface area contributed by atoms with Crippen molar-refractivity contribution < 1.29 is 4.79 Å². The molecule has 1 unspecified atom stereocenters. The number of nitrogens with zero attached hydrogens (tertiary/aromatic N) is 2. The molecule has 3 heteroatoms. The van der Waals surface area contributed by atoms with E-state index in [4.69, 9.17) is 5.26 Å². The summed E-state index contributed by atoms with van der Waals surface area (Å²) in [5.74, 6) is 0.0742. The number of carbonyl (C=O) groups excluding carboxylic acids is 1. The van der Waals surface area contributed by atoms with E-state index in [0.717, 1.165) is 31.4 Å². The van der Waals surface area contributed by atoms with Gasteiger partial charge in [0.1, 0.15) is 6.04 Å². The largest absolute Gasteiger partial charge is 0.326 e. The van der Waals surface area contributed by atoms with Gasteiger partial charge in [0.2, 0.25) is 5.91 Å². The van der Waals surface area contributed by atoms with E-state index in [1.165, 1.54) is 5.56 Å². The summed E-state index contributed by atoms with van der Waals surface area (Å²) in [6, 6.07) is 10.0. The monoisotopic (exact) mass is 242 g/mol. The van der Waals surface area contributed by atoms with Crippen molar-refractivity contribution in [2.24, 2.45) is 0 Å². The summed E-state index contributed by atoms with van der Waals surface area (Å²) in [7, 11) is 0. The Balaban J connectivity index is 2.02.